The number of halogens is 1. The number of carbonyl (C=O) groups is 2. The van der Waals surface area contributed by atoms with Gasteiger partial charge < -0.3 is 15.0 Å². The molecule has 0 aromatic heterocycles. The molecule has 0 saturated carbocycles. The average molecular weight is 268 g/mol. The number of nitrogens with one attached hydrogen (secondary N) is 1. The number of methoxy groups -OCH3 is 1. The molecule has 1 N–H and O–H groups in total. The van der Waals surface area contributed by atoms with Crippen molar-refractivity contribution >= 4 is 11.8 Å². The van der Waals surface area contributed by atoms with Gasteiger partial charge in [-0.1, -0.05) is 0 Å². The maximum absolute atomic E-state index is 13.7. The van der Waals surface area contributed by atoms with Gasteiger partial charge in [0.05, 0.1) is 19.2 Å². The van der Waals surface area contributed by atoms with Gasteiger partial charge in [0, 0.05) is 19.7 Å². The fourth-order valence-corrected chi connectivity index (χ4v) is 1.54. The smallest absolute Gasteiger partial charge is 0.257 e. The monoisotopic (exact) mass is 268 g/mol. The summed E-state index contributed by atoms with van der Waals surface area (Å²) in [5, 5.41) is 2.57. The van der Waals surface area contributed by atoms with E-state index >= 15 is 0 Å². The van der Waals surface area contributed by atoms with E-state index in [1.54, 1.807) is 6.92 Å². The van der Waals surface area contributed by atoms with Crippen LogP contribution in [0.5, 0.6) is 5.75 Å². The Kier molecular flexibility index (Phi) is 5.29. The van der Waals surface area contributed by atoms with E-state index in [9.17, 15) is 14.0 Å². The van der Waals surface area contributed by atoms with Crippen LogP contribution < -0.4 is 10.1 Å². The van der Waals surface area contributed by atoms with E-state index in [4.69, 9.17) is 4.74 Å². The van der Waals surface area contributed by atoms with Crippen LogP contribution in [0.1, 0.15) is 17.3 Å². The Morgan fingerprint density at radius 2 is 2.11 bits per heavy atom. The molecule has 19 heavy (non-hydrogen) atoms. The Morgan fingerprint density at radius 1 is 1.42 bits per heavy atom. The highest BCUT2D eigenvalue weighted by atomic mass is 19.1. The second-order valence-electron chi connectivity index (χ2n) is 3.96. The first-order valence-corrected chi connectivity index (χ1v) is 5.85. The Balaban J connectivity index is 2.79. The molecule has 6 heteroatoms. The highest BCUT2D eigenvalue weighted by molar-refractivity contribution is 5.96. The molecule has 0 aliphatic heterocycles. The molecule has 0 unspecified atom stereocenters. The van der Waals surface area contributed by atoms with Crippen molar-refractivity contribution in [3.05, 3.63) is 29.6 Å². The summed E-state index contributed by atoms with van der Waals surface area (Å²) >= 11 is 0. The summed E-state index contributed by atoms with van der Waals surface area (Å²) in [6.07, 6.45) is 0. The van der Waals surface area contributed by atoms with Crippen molar-refractivity contribution in [3.8, 4) is 5.75 Å². The van der Waals surface area contributed by atoms with Crippen molar-refractivity contribution in [2.24, 2.45) is 0 Å². The summed E-state index contributed by atoms with van der Waals surface area (Å²) in [6, 6.07) is 3.97. The SMILES string of the molecule is CCNC(=O)CN(C)C(=O)c1ccc(OC)cc1F. The molecule has 0 aliphatic carbocycles. The fraction of sp³-hybridized carbons (Fsp3) is 0.385. The minimum atomic E-state index is -0.674. The number of likely N-dealkylation sites (N-methyl/N-ethyl adjacent to an activating group) is 2. The van der Waals surface area contributed by atoms with E-state index in [1.807, 2.05) is 0 Å². The topological polar surface area (TPSA) is 58.6 Å². The summed E-state index contributed by atoms with van der Waals surface area (Å²) in [6.45, 7) is 2.15. The summed E-state index contributed by atoms with van der Waals surface area (Å²) in [5.41, 5.74) is -0.0902. The molecule has 0 bridgehead atoms. The lowest BCUT2D eigenvalue weighted by Crippen LogP contribution is -2.38. The van der Waals surface area contributed by atoms with Gasteiger partial charge in [0.25, 0.3) is 5.91 Å². The Hall–Kier alpha value is -2.11. The van der Waals surface area contributed by atoms with Gasteiger partial charge in [-0.25, -0.2) is 4.39 Å². The summed E-state index contributed by atoms with van der Waals surface area (Å²) in [4.78, 5) is 24.5. The third-order valence-corrected chi connectivity index (χ3v) is 2.51. The lowest BCUT2D eigenvalue weighted by molar-refractivity contribution is -0.121. The van der Waals surface area contributed by atoms with Gasteiger partial charge in [-0.2, -0.15) is 0 Å². The minimum Gasteiger partial charge on any atom is -0.497 e. The first-order chi connectivity index (χ1) is 8.99. The summed E-state index contributed by atoms with van der Waals surface area (Å²) < 4.78 is 18.6. The Bertz CT molecular complexity index is 477. The van der Waals surface area contributed by atoms with E-state index in [0.717, 1.165) is 11.0 Å². The molecule has 0 heterocycles. The summed E-state index contributed by atoms with van der Waals surface area (Å²) in [7, 11) is 2.86. The van der Waals surface area contributed by atoms with Crippen LogP contribution in [0.4, 0.5) is 4.39 Å². The molecule has 2 amide bonds. The molecule has 0 fully saturated rings. The van der Waals surface area contributed by atoms with Gasteiger partial charge in [0.1, 0.15) is 11.6 Å². The molecule has 0 aliphatic rings. The standard InChI is InChI=1S/C13H17FN2O3/c1-4-15-12(17)8-16(2)13(18)10-6-5-9(19-3)7-11(10)14/h5-7H,4,8H2,1-3H3,(H,15,17). The predicted octanol–water partition coefficient (Wildman–Crippen LogP) is 1.04. The van der Waals surface area contributed by atoms with E-state index in [1.165, 1.54) is 26.3 Å². The molecular formula is C13H17FN2O3. The van der Waals surface area contributed by atoms with E-state index in [0.29, 0.717) is 12.3 Å². The van der Waals surface area contributed by atoms with Crippen LogP contribution in [0.25, 0.3) is 0 Å². The van der Waals surface area contributed by atoms with Crippen molar-refractivity contribution < 1.29 is 18.7 Å². The average Bonchev–Trinajstić information content (AvgIpc) is 2.37. The molecule has 5 nitrogen and oxygen atoms in total. The van der Waals surface area contributed by atoms with E-state index < -0.39 is 11.7 Å². The van der Waals surface area contributed by atoms with Crippen LogP contribution in [0.15, 0.2) is 18.2 Å². The third kappa shape index (κ3) is 3.94. The van der Waals surface area contributed by atoms with E-state index in [2.05, 4.69) is 5.32 Å². The first kappa shape index (κ1) is 14.9. The number of nitrogens with zero attached hydrogens (tertiary/aromatic N) is 1. The van der Waals surface area contributed by atoms with Crippen LogP contribution in [0.3, 0.4) is 0 Å². The predicted molar refractivity (Wildman–Crippen MR) is 68.6 cm³/mol. The van der Waals surface area contributed by atoms with Gasteiger partial charge in [-0.3, -0.25) is 9.59 Å². The number of rotatable bonds is 5. The van der Waals surface area contributed by atoms with Crippen LogP contribution in [-0.4, -0.2) is 44.0 Å². The lowest BCUT2D eigenvalue weighted by Gasteiger charge is -2.17. The molecule has 104 valence electrons. The number of hydrogen-bond donors (Lipinski definition) is 1. The van der Waals surface area contributed by atoms with Crippen molar-refractivity contribution in [2.75, 3.05) is 27.2 Å². The number of hydrogen-bond acceptors (Lipinski definition) is 3. The zero-order chi connectivity index (χ0) is 14.4. The molecule has 1 aromatic rings. The summed E-state index contributed by atoms with van der Waals surface area (Å²) in [5.74, 6) is -1.17. The maximum atomic E-state index is 13.7. The largest absolute Gasteiger partial charge is 0.497 e. The van der Waals surface area contributed by atoms with Crippen LogP contribution in [0, 0.1) is 5.82 Å². The molecular weight excluding hydrogens is 251 g/mol. The second kappa shape index (κ2) is 6.72. The quantitative estimate of drug-likeness (QED) is 0.868. The molecule has 0 radical (unpaired) electrons. The zero-order valence-corrected chi connectivity index (χ0v) is 11.2. The highest BCUT2D eigenvalue weighted by Crippen LogP contribution is 2.17. The van der Waals surface area contributed by atoms with Crippen molar-refractivity contribution in [3.63, 3.8) is 0 Å². The maximum Gasteiger partial charge on any atom is 0.257 e. The Morgan fingerprint density at radius 3 is 2.63 bits per heavy atom. The van der Waals surface area contributed by atoms with Gasteiger partial charge in [-0.05, 0) is 19.1 Å². The van der Waals surface area contributed by atoms with Crippen LogP contribution in [0.2, 0.25) is 0 Å². The van der Waals surface area contributed by atoms with Crippen LogP contribution in [-0.2, 0) is 4.79 Å². The van der Waals surface area contributed by atoms with Gasteiger partial charge in [0.15, 0.2) is 0 Å². The lowest BCUT2D eigenvalue weighted by atomic mass is 10.2. The third-order valence-electron chi connectivity index (χ3n) is 2.51. The molecule has 0 atom stereocenters. The number of carbonyl (C=O) groups excluding carboxylic acids is 2. The van der Waals surface area contributed by atoms with Crippen molar-refractivity contribution in [2.45, 2.75) is 6.92 Å². The molecule has 1 rings (SSSR count). The highest BCUT2D eigenvalue weighted by Gasteiger charge is 2.18. The second-order valence-corrected chi connectivity index (χ2v) is 3.96. The number of benzene rings is 1. The first-order valence-electron chi connectivity index (χ1n) is 5.85. The van der Waals surface area contributed by atoms with Crippen molar-refractivity contribution in [1.82, 2.24) is 10.2 Å². The molecule has 1 aromatic carbocycles. The van der Waals surface area contributed by atoms with Gasteiger partial charge in [0.2, 0.25) is 5.91 Å². The molecule has 0 spiro atoms. The van der Waals surface area contributed by atoms with Gasteiger partial charge in [-0.15, -0.1) is 0 Å². The zero-order valence-electron chi connectivity index (χ0n) is 11.2. The molecule has 0 saturated heterocycles. The minimum absolute atomic E-state index is 0.0902. The van der Waals surface area contributed by atoms with Gasteiger partial charge >= 0.3 is 0 Å². The number of amides is 2. The van der Waals surface area contributed by atoms with E-state index in [-0.39, 0.29) is 18.0 Å². The normalized spacial score (nSPS) is 9.89. The van der Waals surface area contributed by atoms with Crippen molar-refractivity contribution in [1.29, 1.82) is 0 Å². The fourth-order valence-electron chi connectivity index (χ4n) is 1.54. The number of ether oxygens (including phenoxy) is 1. The Labute approximate surface area is 111 Å². The van der Waals surface area contributed by atoms with Crippen LogP contribution >= 0.6 is 0 Å².